The molecule has 0 aliphatic carbocycles. The van der Waals surface area contributed by atoms with Gasteiger partial charge in [0.15, 0.2) is 0 Å². The van der Waals surface area contributed by atoms with Crippen molar-refractivity contribution in [1.82, 2.24) is 19.3 Å². The Morgan fingerprint density at radius 1 is 1.29 bits per heavy atom. The maximum atomic E-state index is 12.5. The zero-order valence-corrected chi connectivity index (χ0v) is 14.3. The van der Waals surface area contributed by atoms with Crippen molar-refractivity contribution < 1.29 is 4.79 Å². The van der Waals surface area contributed by atoms with Gasteiger partial charge in [0.1, 0.15) is 5.65 Å². The van der Waals surface area contributed by atoms with Crippen LogP contribution in [0.3, 0.4) is 0 Å². The lowest BCUT2D eigenvalue weighted by atomic mass is 9.98. The molecule has 1 saturated heterocycles. The van der Waals surface area contributed by atoms with E-state index >= 15 is 0 Å². The van der Waals surface area contributed by atoms with Crippen LogP contribution in [0.25, 0.3) is 5.65 Å². The predicted molar refractivity (Wildman–Crippen MR) is 94.6 cm³/mol. The molecule has 1 aliphatic rings. The van der Waals surface area contributed by atoms with Crippen molar-refractivity contribution in [2.45, 2.75) is 25.7 Å². The van der Waals surface area contributed by atoms with Crippen LogP contribution in [-0.2, 0) is 0 Å². The Hall–Kier alpha value is -2.41. The van der Waals surface area contributed by atoms with Gasteiger partial charge in [-0.05, 0) is 31.4 Å². The van der Waals surface area contributed by atoms with Crippen LogP contribution < -0.4 is 5.32 Å². The topological polar surface area (TPSA) is 62.5 Å². The number of rotatable bonds is 2. The first-order valence-electron chi connectivity index (χ1n) is 8.09. The van der Waals surface area contributed by atoms with Crippen LogP contribution in [-0.4, -0.2) is 38.4 Å². The molecule has 24 heavy (non-hydrogen) atoms. The summed E-state index contributed by atoms with van der Waals surface area (Å²) in [6.45, 7) is 3.53. The Bertz CT molecular complexity index is 849. The maximum Gasteiger partial charge on any atom is 0.321 e. The molecule has 3 aromatic heterocycles. The molecular weight excluding hydrogens is 322 g/mol. The molecule has 0 unspecified atom stereocenters. The smallest absolute Gasteiger partial charge is 0.321 e. The average Bonchev–Trinajstić information content (AvgIpc) is 3.26. The van der Waals surface area contributed by atoms with Gasteiger partial charge < -0.3 is 14.6 Å². The lowest BCUT2D eigenvalue weighted by Gasteiger charge is -2.31. The van der Waals surface area contributed by atoms with E-state index in [9.17, 15) is 4.79 Å². The fraction of sp³-hybridized carbons (Fsp3) is 0.353. The van der Waals surface area contributed by atoms with Gasteiger partial charge in [0.2, 0.25) is 0 Å². The van der Waals surface area contributed by atoms with E-state index in [0.717, 1.165) is 42.8 Å². The van der Waals surface area contributed by atoms with Gasteiger partial charge in [-0.25, -0.2) is 14.8 Å². The van der Waals surface area contributed by atoms with Crippen LogP contribution in [0.15, 0.2) is 36.2 Å². The van der Waals surface area contributed by atoms with Crippen molar-refractivity contribution in [3.8, 4) is 0 Å². The van der Waals surface area contributed by atoms with E-state index in [1.165, 1.54) is 5.01 Å². The summed E-state index contributed by atoms with van der Waals surface area (Å²) in [5.74, 6) is 0.485. The molecule has 3 aromatic rings. The third kappa shape index (κ3) is 2.87. The standard InChI is InChI=1S/C17H19N5OS/c1-12-10-14(11-22-8-4-18-15(12)22)20-17(23)21-6-2-13(3-7-21)16-19-5-9-24-16/h4-5,8-11,13H,2-3,6-7H2,1H3,(H,20,23). The molecular formula is C17H19N5OS. The molecule has 0 atom stereocenters. The zero-order chi connectivity index (χ0) is 16.5. The highest BCUT2D eigenvalue weighted by Gasteiger charge is 2.25. The Kier molecular flexibility index (Phi) is 3.93. The lowest BCUT2D eigenvalue weighted by Crippen LogP contribution is -2.40. The minimum absolute atomic E-state index is 0.0357. The molecule has 0 radical (unpaired) electrons. The molecule has 1 aliphatic heterocycles. The van der Waals surface area contributed by atoms with Crippen LogP contribution in [0.4, 0.5) is 10.5 Å². The Morgan fingerprint density at radius 2 is 2.12 bits per heavy atom. The number of hydrogen-bond acceptors (Lipinski definition) is 4. The van der Waals surface area contributed by atoms with Gasteiger partial charge in [-0.1, -0.05) is 0 Å². The number of nitrogens with one attached hydrogen (secondary N) is 1. The Labute approximate surface area is 144 Å². The number of anilines is 1. The molecule has 7 heteroatoms. The summed E-state index contributed by atoms with van der Waals surface area (Å²) in [6, 6.07) is 1.93. The highest BCUT2D eigenvalue weighted by atomic mass is 32.1. The van der Waals surface area contributed by atoms with Crippen molar-refractivity contribution in [3.05, 3.63) is 46.8 Å². The number of aromatic nitrogens is 3. The number of pyridine rings is 1. The second-order valence-corrected chi connectivity index (χ2v) is 7.06. The quantitative estimate of drug-likeness (QED) is 0.776. The van der Waals surface area contributed by atoms with E-state index in [-0.39, 0.29) is 6.03 Å². The van der Waals surface area contributed by atoms with E-state index in [2.05, 4.69) is 15.3 Å². The fourth-order valence-electron chi connectivity index (χ4n) is 3.24. The van der Waals surface area contributed by atoms with Gasteiger partial charge in [0.25, 0.3) is 0 Å². The maximum absolute atomic E-state index is 12.5. The van der Waals surface area contributed by atoms with Crippen LogP contribution in [0.1, 0.15) is 29.3 Å². The summed E-state index contributed by atoms with van der Waals surface area (Å²) in [4.78, 5) is 23.1. The van der Waals surface area contributed by atoms with E-state index in [4.69, 9.17) is 0 Å². The van der Waals surface area contributed by atoms with E-state index in [1.807, 2.05) is 46.3 Å². The highest BCUT2D eigenvalue weighted by molar-refractivity contribution is 7.09. The van der Waals surface area contributed by atoms with Crippen LogP contribution in [0.5, 0.6) is 0 Å². The third-order valence-corrected chi connectivity index (χ3v) is 5.44. The number of urea groups is 1. The summed E-state index contributed by atoms with van der Waals surface area (Å²) in [7, 11) is 0. The van der Waals surface area contributed by atoms with Crippen LogP contribution >= 0.6 is 11.3 Å². The highest BCUT2D eigenvalue weighted by Crippen LogP contribution is 2.29. The minimum Gasteiger partial charge on any atom is -0.324 e. The average molecular weight is 341 g/mol. The van der Waals surface area contributed by atoms with Gasteiger partial charge in [-0.2, -0.15) is 0 Å². The Morgan fingerprint density at radius 3 is 2.88 bits per heavy atom. The first-order chi connectivity index (χ1) is 11.7. The summed E-state index contributed by atoms with van der Waals surface area (Å²) < 4.78 is 1.93. The monoisotopic (exact) mass is 341 g/mol. The van der Waals surface area contributed by atoms with Gasteiger partial charge in [0.05, 0.1) is 10.7 Å². The second-order valence-electron chi connectivity index (χ2n) is 6.13. The van der Waals surface area contributed by atoms with Gasteiger partial charge in [-0.15, -0.1) is 11.3 Å². The zero-order valence-electron chi connectivity index (χ0n) is 13.5. The molecule has 1 fully saturated rings. The van der Waals surface area contributed by atoms with Crippen molar-refractivity contribution >= 4 is 28.7 Å². The van der Waals surface area contributed by atoms with Gasteiger partial charge in [0, 0.05) is 49.2 Å². The molecule has 4 rings (SSSR count). The second kappa shape index (κ2) is 6.24. The lowest BCUT2D eigenvalue weighted by molar-refractivity contribution is 0.194. The molecule has 0 spiro atoms. The number of piperidine rings is 1. The summed E-state index contributed by atoms with van der Waals surface area (Å²) in [5, 5.41) is 6.22. The number of amides is 2. The molecule has 0 bridgehead atoms. The number of hydrogen-bond donors (Lipinski definition) is 1. The van der Waals surface area contributed by atoms with Gasteiger partial charge >= 0.3 is 6.03 Å². The molecule has 0 saturated carbocycles. The van der Waals surface area contributed by atoms with Crippen molar-refractivity contribution in [3.63, 3.8) is 0 Å². The number of carbonyl (C=O) groups is 1. The fourth-order valence-corrected chi connectivity index (χ4v) is 4.06. The minimum atomic E-state index is -0.0357. The van der Waals surface area contributed by atoms with Gasteiger partial charge in [-0.3, -0.25) is 0 Å². The number of imidazole rings is 1. The van der Waals surface area contributed by atoms with Crippen LogP contribution in [0.2, 0.25) is 0 Å². The molecule has 6 nitrogen and oxygen atoms in total. The molecule has 1 N–H and O–H groups in total. The molecule has 2 amide bonds. The largest absolute Gasteiger partial charge is 0.324 e. The third-order valence-electron chi connectivity index (χ3n) is 4.51. The van der Waals surface area contributed by atoms with Crippen molar-refractivity contribution in [1.29, 1.82) is 0 Å². The summed E-state index contributed by atoms with van der Waals surface area (Å²) in [6.07, 6.45) is 9.35. The number of thiazole rings is 1. The number of aryl methyl sites for hydroxylation is 1. The van der Waals surface area contributed by atoms with E-state index < -0.39 is 0 Å². The number of carbonyl (C=O) groups excluding carboxylic acids is 1. The first-order valence-corrected chi connectivity index (χ1v) is 8.97. The normalized spacial score (nSPS) is 15.8. The van der Waals surface area contributed by atoms with Crippen molar-refractivity contribution in [2.24, 2.45) is 0 Å². The number of nitrogens with zero attached hydrogens (tertiary/aromatic N) is 4. The number of fused-ring (bicyclic) bond motifs is 1. The van der Waals surface area contributed by atoms with E-state index in [0.29, 0.717) is 5.92 Å². The number of likely N-dealkylation sites (tertiary alicyclic amines) is 1. The van der Waals surface area contributed by atoms with E-state index in [1.54, 1.807) is 17.5 Å². The van der Waals surface area contributed by atoms with Crippen LogP contribution in [0, 0.1) is 6.92 Å². The molecule has 0 aromatic carbocycles. The Balaban J connectivity index is 1.41. The SMILES string of the molecule is Cc1cc(NC(=O)N2CCC(c3nccs3)CC2)cn2ccnc12. The first kappa shape index (κ1) is 15.1. The predicted octanol–water partition coefficient (Wildman–Crippen LogP) is 3.51. The summed E-state index contributed by atoms with van der Waals surface area (Å²) >= 11 is 1.71. The molecule has 4 heterocycles. The molecule has 124 valence electrons. The van der Waals surface area contributed by atoms with Crippen molar-refractivity contribution in [2.75, 3.05) is 18.4 Å². The summed E-state index contributed by atoms with van der Waals surface area (Å²) in [5.41, 5.74) is 2.75.